The lowest BCUT2D eigenvalue weighted by Crippen LogP contribution is -3.10. The standard InChI is InChI=1S/C9H17NO2/c1-3-12-9(11)8-5-4-6-10(2)7-8/h8H,3-7H2,1-2H3/p+1/t8-/m0/s1. The summed E-state index contributed by atoms with van der Waals surface area (Å²) in [5.41, 5.74) is 0. The summed E-state index contributed by atoms with van der Waals surface area (Å²) in [6.45, 7) is 4.50. The summed E-state index contributed by atoms with van der Waals surface area (Å²) in [6.07, 6.45) is 2.16. The Morgan fingerprint density at radius 2 is 2.42 bits per heavy atom. The highest BCUT2D eigenvalue weighted by atomic mass is 16.5. The zero-order valence-corrected chi connectivity index (χ0v) is 7.93. The van der Waals surface area contributed by atoms with Gasteiger partial charge in [-0.15, -0.1) is 0 Å². The molecule has 0 aliphatic carbocycles. The van der Waals surface area contributed by atoms with E-state index in [1.807, 2.05) is 6.92 Å². The van der Waals surface area contributed by atoms with Gasteiger partial charge in [0.05, 0.1) is 26.7 Å². The first-order chi connectivity index (χ1) is 5.74. The van der Waals surface area contributed by atoms with Crippen molar-refractivity contribution in [1.82, 2.24) is 0 Å². The molecule has 2 atom stereocenters. The summed E-state index contributed by atoms with van der Waals surface area (Å²) < 4.78 is 4.98. The van der Waals surface area contributed by atoms with Crippen molar-refractivity contribution < 1.29 is 14.4 Å². The molecule has 1 aliphatic rings. The van der Waals surface area contributed by atoms with Crippen molar-refractivity contribution in [2.45, 2.75) is 19.8 Å². The van der Waals surface area contributed by atoms with Gasteiger partial charge in [-0.05, 0) is 19.8 Å². The van der Waals surface area contributed by atoms with Gasteiger partial charge >= 0.3 is 5.97 Å². The van der Waals surface area contributed by atoms with Crippen LogP contribution in [0.25, 0.3) is 0 Å². The quantitative estimate of drug-likeness (QED) is 0.568. The lowest BCUT2D eigenvalue weighted by molar-refractivity contribution is -0.887. The lowest BCUT2D eigenvalue weighted by atomic mass is 9.99. The Hall–Kier alpha value is -0.570. The molecule has 0 saturated carbocycles. The summed E-state index contributed by atoms with van der Waals surface area (Å²) in [5.74, 6) is 0.148. The smallest absolute Gasteiger partial charge is 0.314 e. The van der Waals surface area contributed by atoms with E-state index in [9.17, 15) is 4.79 Å². The predicted octanol–water partition coefficient (Wildman–Crippen LogP) is -0.526. The number of piperidine rings is 1. The number of esters is 1. The number of ether oxygens (including phenoxy) is 1. The van der Waals surface area contributed by atoms with Crippen LogP contribution in [0.1, 0.15) is 19.8 Å². The van der Waals surface area contributed by atoms with Crippen molar-refractivity contribution >= 4 is 5.97 Å². The molecule has 0 amide bonds. The highest BCUT2D eigenvalue weighted by molar-refractivity contribution is 5.72. The molecule has 70 valence electrons. The van der Waals surface area contributed by atoms with E-state index in [-0.39, 0.29) is 11.9 Å². The van der Waals surface area contributed by atoms with Crippen LogP contribution in [0.2, 0.25) is 0 Å². The van der Waals surface area contributed by atoms with E-state index in [4.69, 9.17) is 4.74 Å². The molecule has 1 fully saturated rings. The first kappa shape index (κ1) is 9.52. The maximum atomic E-state index is 11.3. The van der Waals surface area contributed by atoms with Crippen LogP contribution in [0.15, 0.2) is 0 Å². The normalized spacial score (nSPS) is 29.8. The molecule has 1 rings (SSSR count). The number of carbonyl (C=O) groups is 1. The first-order valence-corrected chi connectivity index (χ1v) is 4.72. The summed E-state index contributed by atoms with van der Waals surface area (Å²) in [7, 11) is 2.13. The lowest BCUT2D eigenvalue weighted by Gasteiger charge is -2.25. The molecular weight excluding hydrogens is 154 g/mol. The van der Waals surface area contributed by atoms with Crippen LogP contribution in [0.5, 0.6) is 0 Å². The maximum absolute atomic E-state index is 11.3. The molecule has 1 saturated heterocycles. The monoisotopic (exact) mass is 172 g/mol. The fraction of sp³-hybridized carbons (Fsp3) is 0.889. The Balaban J connectivity index is 2.35. The Labute approximate surface area is 73.7 Å². The minimum absolute atomic E-state index is 0.00319. The van der Waals surface area contributed by atoms with Gasteiger partial charge in [-0.3, -0.25) is 4.79 Å². The molecule has 0 aromatic rings. The zero-order valence-electron chi connectivity index (χ0n) is 7.93. The molecule has 0 radical (unpaired) electrons. The molecule has 0 spiro atoms. The average Bonchev–Trinajstić information content (AvgIpc) is 2.05. The molecule has 1 heterocycles. The molecule has 1 N–H and O–H groups in total. The third kappa shape index (κ3) is 2.48. The Morgan fingerprint density at radius 1 is 1.67 bits per heavy atom. The van der Waals surface area contributed by atoms with Crippen LogP contribution in [0, 0.1) is 5.92 Å². The number of nitrogens with one attached hydrogen (secondary N) is 1. The van der Waals surface area contributed by atoms with E-state index < -0.39 is 0 Å². The fourth-order valence-corrected chi connectivity index (χ4v) is 1.74. The van der Waals surface area contributed by atoms with Crippen molar-refractivity contribution in [3.8, 4) is 0 Å². The van der Waals surface area contributed by atoms with Gasteiger partial charge in [0.15, 0.2) is 0 Å². The van der Waals surface area contributed by atoms with Gasteiger partial charge in [0.25, 0.3) is 0 Å². The van der Waals surface area contributed by atoms with Gasteiger partial charge in [0.1, 0.15) is 5.92 Å². The second-order valence-corrected chi connectivity index (χ2v) is 3.50. The van der Waals surface area contributed by atoms with Crippen molar-refractivity contribution in [1.29, 1.82) is 0 Å². The number of carbonyl (C=O) groups excluding carboxylic acids is 1. The van der Waals surface area contributed by atoms with Gasteiger partial charge in [-0.25, -0.2) is 0 Å². The van der Waals surface area contributed by atoms with Crippen LogP contribution < -0.4 is 4.90 Å². The van der Waals surface area contributed by atoms with Crippen molar-refractivity contribution in [3.05, 3.63) is 0 Å². The van der Waals surface area contributed by atoms with Crippen LogP contribution >= 0.6 is 0 Å². The van der Waals surface area contributed by atoms with Gasteiger partial charge < -0.3 is 9.64 Å². The third-order valence-corrected chi connectivity index (χ3v) is 2.37. The van der Waals surface area contributed by atoms with E-state index >= 15 is 0 Å². The van der Waals surface area contributed by atoms with Crippen LogP contribution in [-0.2, 0) is 9.53 Å². The summed E-state index contributed by atoms with van der Waals surface area (Å²) in [4.78, 5) is 12.8. The first-order valence-electron chi connectivity index (χ1n) is 4.72. The average molecular weight is 172 g/mol. The van der Waals surface area contributed by atoms with E-state index in [0.29, 0.717) is 6.61 Å². The molecule has 0 aromatic carbocycles. The van der Waals surface area contributed by atoms with E-state index in [2.05, 4.69) is 7.05 Å². The SMILES string of the molecule is CCOC(=O)[C@H]1CCC[NH+](C)C1. The zero-order chi connectivity index (χ0) is 8.97. The molecule has 0 bridgehead atoms. The second-order valence-electron chi connectivity index (χ2n) is 3.50. The molecule has 12 heavy (non-hydrogen) atoms. The van der Waals surface area contributed by atoms with Gasteiger partial charge in [0, 0.05) is 0 Å². The number of rotatable bonds is 2. The topological polar surface area (TPSA) is 30.7 Å². The minimum Gasteiger partial charge on any atom is -0.466 e. The molecule has 3 nitrogen and oxygen atoms in total. The van der Waals surface area contributed by atoms with E-state index in [1.54, 1.807) is 0 Å². The molecule has 1 aliphatic heterocycles. The summed E-state index contributed by atoms with van der Waals surface area (Å²) >= 11 is 0. The fourth-order valence-electron chi connectivity index (χ4n) is 1.74. The number of quaternary nitrogens is 1. The van der Waals surface area contributed by atoms with Gasteiger partial charge in [0.2, 0.25) is 0 Å². The number of likely N-dealkylation sites (tertiary alicyclic amines) is 1. The van der Waals surface area contributed by atoms with Crippen LogP contribution in [0.4, 0.5) is 0 Å². The highest BCUT2D eigenvalue weighted by Crippen LogP contribution is 2.08. The Morgan fingerprint density at radius 3 is 3.00 bits per heavy atom. The molecular formula is C9H18NO2+. The largest absolute Gasteiger partial charge is 0.466 e. The van der Waals surface area contributed by atoms with Crippen molar-refractivity contribution in [3.63, 3.8) is 0 Å². The summed E-state index contributed by atoms with van der Waals surface area (Å²) in [5, 5.41) is 0. The van der Waals surface area contributed by atoms with E-state index in [0.717, 1.165) is 19.4 Å². The molecule has 0 aromatic heterocycles. The van der Waals surface area contributed by atoms with Crippen molar-refractivity contribution in [2.24, 2.45) is 5.92 Å². The van der Waals surface area contributed by atoms with Crippen LogP contribution in [0.3, 0.4) is 0 Å². The Bertz CT molecular complexity index is 159. The van der Waals surface area contributed by atoms with E-state index in [1.165, 1.54) is 11.4 Å². The molecule has 3 heteroatoms. The van der Waals surface area contributed by atoms with Crippen LogP contribution in [-0.4, -0.2) is 32.7 Å². The second kappa shape index (κ2) is 4.45. The minimum atomic E-state index is -0.00319. The predicted molar refractivity (Wildman–Crippen MR) is 46.0 cm³/mol. The number of hydrogen-bond acceptors (Lipinski definition) is 2. The third-order valence-electron chi connectivity index (χ3n) is 2.37. The van der Waals surface area contributed by atoms with Crippen molar-refractivity contribution in [2.75, 3.05) is 26.7 Å². The van der Waals surface area contributed by atoms with Gasteiger partial charge in [-0.2, -0.15) is 0 Å². The highest BCUT2D eigenvalue weighted by Gasteiger charge is 2.27. The number of hydrogen-bond donors (Lipinski definition) is 1. The molecule has 1 unspecified atom stereocenters. The maximum Gasteiger partial charge on any atom is 0.314 e. The van der Waals surface area contributed by atoms with Gasteiger partial charge in [-0.1, -0.05) is 0 Å². The Kier molecular flexibility index (Phi) is 3.53. The summed E-state index contributed by atoms with van der Waals surface area (Å²) in [6, 6.07) is 0.